The molecule has 1 heterocycles. The summed E-state index contributed by atoms with van der Waals surface area (Å²) in [6, 6.07) is 7.37. The van der Waals surface area contributed by atoms with Gasteiger partial charge in [-0.25, -0.2) is 4.98 Å². The van der Waals surface area contributed by atoms with Crippen LogP contribution in [0.2, 0.25) is 0 Å². The van der Waals surface area contributed by atoms with Crippen LogP contribution in [0.25, 0.3) is 11.0 Å². The van der Waals surface area contributed by atoms with Crippen LogP contribution in [0.5, 0.6) is 0 Å². The van der Waals surface area contributed by atoms with Crippen molar-refractivity contribution in [3.05, 3.63) is 29.0 Å². The smallest absolute Gasteiger partial charge is 0.212 e. The van der Waals surface area contributed by atoms with Crippen LogP contribution in [0.1, 0.15) is 0 Å². The molecule has 0 aliphatic heterocycles. The van der Waals surface area contributed by atoms with Gasteiger partial charge in [-0.05, 0) is 28.1 Å². The molecular formula is C7H5BrN2O. The number of aromatic nitrogens is 2. The van der Waals surface area contributed by atoms with Gasteiger partial charge in [0, 0.05) is 0 Å². The third-order valence-electron chi connectivity index (χ3n) is 1.50. The molecule has 3 nitrogen and oxygen atoms in total. The van der Waals surface area contributed by atoms with Gasteiger partial charge in [-0.15, -0.1) is 0 Å². The summed E-state index contributed by atoms with van der Waals surface area (Å²) in [6.45, 7) is 0. The Morgan fingerprint density at radius 3 is 2.82 bits per heavy atom. The molecule has 0 bridgehead atoms. The maximum Gasteiger partial charge on any atom is 0.212 e. The Balaban J connectivity index is 2.92. The average Bonchev–Trinajstić information content (AvgIpc) is 2.30. The van der Waals surface area contributed by atoms with Crippen molar-refractivity contribution >= 4 is 27.0 Å². The molecule has 0 fully saturated rings. The van der Waals surface area contributed by atoms with Crippen molar-refractivity contribution in [2.75, 3.05) is 0 Å². The lowest BCUT2D eigenvalue weighted by Gasteiger charge is -1.91. The predicted octanol–water partition coefficient (Wildman–Crippen LogP) is 2.04. The minimum atomic E-state index is 0.429. The summed E-state index contributed by atoms with van der Waals surface area (Å²) in [5.74, 6) is 0. The van der Waals surface area contributed by atoms with Crippen LogP contribution in [-0.2, 0) is 0 Å². The first-order valence-electron chi connectivity index (χ1n) is 3.11. The molecule has 11 heavy (non-hydrogen) atoms. The highest BCUT2D eigenvalue weighted by Crippen LogP contribution is 2.16. The summed E-state index contributed by atoms with van der Waals surface area (Å²) in [5.41, 5.74) is 1.49. The molecule has 0 aliphatic rings. The molecule has 1 aromatic heterocycles. The summed E-state index contributed by atoms with van der Waals surface area (Å²) in [5, 5.41) is 9.31. The molecule has 0 radical (unpaired) electrons. The highest BCUT2D eigenvalue weighted by Gasteiger charge is 2.04. The molecule has 2 rings (SSSR count). The van der Waals surface area contributed by atoms with Crippen LogP contribution in [0.3, 0.4) is 0 Å². The molecule has 4 heteroatoms. The minimum absolute atomic E-state index is 0.429. The highest BCUT2D eigenvalue weighted by molar-refractivity contribution is 9.10. The van der Waals surface area contributed by atoms with Gasteiger partial charge in [0.25, 0.3) is 0 Å². The van der Waals surface area contributed by atoms with E-state index in [-0.39, 0.29) is 0 Å². The Bertz CT molecular complexity index is 396. The third-order valence-corrected chi connectivity index (χ3v) is 2.01. The van der Waals surface area contributed by atoms with Crippen molar-refractivity contribution in [1.29, 1.82) is 0 Å². The predicted molar refractivity (Wildman–Crippen MR) is 44.6 cm³/mol. The van der Waals surface area contributed by atoms with Gasteiger partial charge < -0.3 is 5.21 Å². The fourth-order valence-electron chi connectivity index (χ4n) is 0.984. The fraction of sp³-hybridized carbons (Fsp3) is 0. The van der Waals surface area contributed by atoms with Crippen molar-refractivity contribution in [3.8, 4) is 0 Å². The summed E-state index contributed by atoms with van der Waals surface area (Å²) in [7, 11) is 0. The van der Waals surface area contributed by atoms with Crippen molar-refractivity contribution in [1.82, 2.24) is 9.71 Å². The van der Waals surface area contributed by atoms with Crippen LogP contribution >= 0.6 is 15.9 Å². The number of nitrogens with zero attached hydrogens (tertiary/aromatic N) is 2. The Morgan fingerprint density at radius 1 is 1.36 bits per heavy atom. The van der Waals surface area contributed by atoms with Crippen molar-refractivity contribution < 1.29 is 5.21 Å². The van der Waals surface area contributed by atoms with E-state index in [1.807, 2.05) is 18.2 Å². The topological polar surface area (TPSA) is 38.0 Å². The second-order valence-electron chi connectivity index (χ2n) is 2.18. The third kappa shape index (κ3) is 0.903. The van der Waals surface area contributed by atoms with E-state index in [4.69, 9.17) is 0 Å². The Kier molecular flexibility index (Phi) is 1.35. The molecule has 0 saturated heterocycles. The van der Waals surface area contributed by atoms with E-state index < -0.39 is 0 Å². The first-order valence-corrected chi connectivity index (χ1v) is 3.90. The molecule has 0 unspecified atom stereocenters. The molecule has 56 valence electrons. The molecule has 0 saturated carbocycles. The molecule has 0 amide bonds. The standard InChI is InChI=1S/C7H5BrN2O/c8-7-9-5-3-1-2-4-6(5)10(7)11/h1-4,11H. The SMILES string of the molecule is On1c(Br)nc2ccccc21. The quantitative estimate of drug-likeness (QED) is 0.680. The van der Waals surface area contributed by atoms with Crippen LogP contribution in [0.4, 0.5) is 0 Å². The van der Waals surface area contributed by atoms with Gasteiger partial charge in [-0.3, -0.25) is 0 Å². The monoisotopic (exact) mass is 212 g/mol. The van der Waals surface area contributed by atoms with E-state index in [9.17, 15) is 5.21 Å². The highest BCUT2D eigenvalue weighted by atomic mass is 79.9. The van der Waals surface area contributed by atoms with E-state index in [0.29, 0.717) is 10.3 Å². The maximum absolute atomic E-state index is 9.31. The molecule has 0 spiro atoms. The number of hydrogen-bond donors (Lipinski definition) is 1. The maximum atomic E-state index is 9.31. The number of hydrogen-bond acceptors (Lipinski definition) is 2. The zero-order chi connectivity index (χ0) is 7.84. The lowest BCUT2D eigenvalue weighted by molar-refractivity contribution is 0.191. The van der Waals surface area contributed by atoms with Crippen molar-refractivity contribution in [2.24, 2.45) is 0 Å². The van der Waals surface area contributed by atoms with Gasteiger partial charge in [0.05, 0.1) is 5.52 Å². The van der Waals surface area contributed by atoms with Gasteiger partial charge in [0.1, 0.15) is 5.52 Å². The number of benzene rings is 1. The number of para-hydroxylation sites is 2. The van der Waals surface area contributed by atoms with E-state index in [2.05, 4.69) is 20.9 Å². The average molecular weight is 213 g/mol. The first-order chi connectivity index (χ1) is 5.29. The molecule has 1 N–H and O–H groups in total. The van der Waals surface area contributed by atoms with E-state index in [1.54, 1.807) is 6.07 Å². The van der Waals surface area contributed by atoms with Crippen LogP contribution < -0.4 is 0 Å². The van der Waals surface area contributed by atoms with E-state index in [1.165, 1.54) is 0 Å². The first kappa shape index (κ1) is 6.67. The zero-order valence-electron chi connectivity index (χ0n) is 5.53. The minimum Gasteiger partial charge on any atom is -0.426 e. The largest absolute Gasteiger partial charge is 0.426 e. The molecule has 0 aliphatic carbocycles. The molecular weight excluding hydrogens is 208 g/mol. The summed E-state index contributed by atoms with van der Waals surface area (Å²) < 4.78 is 1.44. The van der Waals surface area contributed by atoms with Gasteiger partial charge in [0.15, 0.2) is 0 Å². The van der Waals surface area contributed by atoms with Gasteiger partial charge >= 0.3 is 0 Å². The van der Waals surface area contributed by atoms with Crippen LogP contribution in [-0.4, -0.2) is 14.9 Å². The number of halogens is 1. The zero-order valence-corrected chi connectivity index (χ0v) is 7.12. The number of fused-ring (bicyclic) bond motifs is 1. The van der Waals surface area contributed by atoms with Gasteiger partial charge in [-0.1, -0.05) is 12.1 Å². The number of imidazole rings is 1. The van der Waals surface area contributed by atoms with Crippen molar-refractivity contribution in [2.45, 2.75) is 0 Å². The molecule has 2 aromatic rings. The molecule has 0 atom stereocenters. The normalized spacial score (nSPS) is 10.6. The number of rotatable bonds is 0. The van der Waals surface area contributed by atoms with E-state index in [0.717, 1.165) is 10.2 Å². The lowest BCUT2D eigenvalue weighted by Crippen LogP contribution is -1.87. The van der Waals surface area contributed by atoms with Gasteiger partial charge in [0.2, 0.25) is 4.73 Å². The fourth-order valence-corrected chi connectivity index (χ4v) is 1.37. The van der Waals surface area contributed by atoms with Crippen LogP contribution in [0.15, 0.2) is 29.0 Å². The van der Waals surface area contributed by atoms with Crippen LogP contribution in [0, 0.1) is 0 Å². The van der Waals surface area contributed by atoms with Gasteiger partial charge in [-0.2, -0.15) is 4.73 Å². The lowest BCUT2D eigenvalue weighted by atomic mass is 10.3. The second kappa shape index (κ2) is 2.23. The van der Waals surface area contributed by atoms with Crippen molar-refractivity contribution in [3.63, 3.8) is 0 Å². The summed E-state index contributed by atoms with van der Waals surface area (Å²) >= 11 is 3.11. The Morgan fingerprint density at radius 2 is 2.09 bits per heavy atom. The van der Waals surface area contributed by atoms with E-state index >= 15 is 0 Å². The molecule has 1 aromatic carbocycles. The Hall–Kier alpha value is -1.03. The summed E-state index contributed by atoms with van der Waals surface area (Å²) in [6.07, 6.45) is 0. The summed E-state index contributed by atoms with van der Waals surface area (Å²) in [4.78, 5) is 4.04. The second-order valence-corrected chi connectivity index (χ2v) is 2.89. The Labute approximate surface area is 71.4 Å².